The van der Waals surface area contributed by atoms with Crippen molar-refractivity contribution >= 4 is 10.1 Å². The van der Waals surface area contributed by atoms with Crippen LogP contribution in [0.5, 0.6) is 0 Å². The van der Waals surface area contributed by atoms with E-state index in [1.807, 2.05) is 41.5 Å². The van der Waals surface area contributed by atoms with E-state index in [2.05, 4.69) is 21.9 Å². The topological polar surface area (TPSA) is 82.0 Å². The van der Waals surface area contributed by atoms with Gasteiger partial charge in [0.05, 0.1) is 6.61 Å². The summed E-state index contributed by atoms with van der Waals surface area (Å²) in [6, 6.07) is 0. The molecule has 1 aromatic rings. The molecule has 1 heterocycles. The van der Waals surface area contributed by atoms with E-state index >= 15 is 0 Å². The number of unbranched alkanes of at least 4 members (excludes halogenated alkanes) is 5. The molecule has 0 N–H and O–H groups in total. The lowest BCUT2D eigenvalue weighted by atomic mass is 9.93. The standard InChI is InChI=1S/C19H35N3O3S/c1-8-9-10-11-12-13-14-25-26(23,24)17-21-15(18(2,3)4)20-16(22-17)19(5,6)7/h8-14H2,1-7H3. The molecular weight excluding hydrogens is 350 g/mol. The Morgan fingerprint density at radius 2 is 1.23 bits per heavy atom. The van der Waals surface area contributed by atoms with Gasteiger partial charge in [0, 0.05) is 10.8 Å². The first kappa shape index (κ1) is 23.0. The second kappa shape index (κ2) is 9.22. The minimum atomic E-state index is -3.99. The summed E-state index contributed by atoms with van der Waals surface area (Å²) >= 11 is 0. The molecule has 0 saturated heterocycles. The summed E-state index contributed by atoms with van der Waals surface area (Å²) in [4.78, 5) is 12.9. The van der Waals surface area contributed by atoms with Crippen LogP contribution in [0.3, 0.4) is 0 Å². The number of aromatic nitrogens is 3. The Kier molecular flexibility index (Phi) is 8.14. The fraction of sp³-hybridized carbons (Fsp3) is 0.842. The highest BCUT2D eigenvalue weighted by Crippen LogP contribution is 2.24. The predicted molar refractivity (Wildman–Crippen MR) is 104 cm³/mol. The summed E-state index contributed by atoms with van der Waals surface area (Å²) in [5, 5.41) is -0.284. The third-order valence-electron chi connectivity index (χ3n) is 3.92. The monoisotopic (exact) mass is 385 g/mol. The summed E-state index contributed by atoms with van der Waals surface area (Å²) < 4.78 is 30.3. The van der Waals surface area contributed by atoms with Crippen molar-refractivity contribution in [2.75, 3.05) is 6.61 Å². The van der Waals surface area contributed by atoms with Crippen molar-refractivity contribution in [3.05, 3.63) is 11.6 Å². The van der Waals surface area contributed by atoms with E-state index in [0.29, 0.717) is 18.1 Å². The Hall–Kier alpha value is -1.08. The molecule has 6 nitrogen and oxygen atoms in total. The number of hydrogen-bond donors (Lipinski definition) is 0. The zero-order valence-electron chi connectivity index (χ0n) is 17.4. The maximum atomic E-state index is 12.6. The molecule has 0 radical (unpaired) electrons. The Labute approximate surface area is 159 Å². The lowest BCUT2D eigenvalue weighted by Gasteiger charge is -2.22. The van der Waals surface area contributed by atoms with Crippen LogP contribution in [-0.4, -0.2) is 30.0 Å². The minimum absolute atomic E-state index is 0.163. The first-order valence-corrected chi connectivity index (χ1v) is 10.9. The molecule has 1 aromatic heterocycles. The lowest BCUT2D eigenvalue weighted by Crippen LogP contribution is -2.26. The second-order valence-electron chi connectivity index (χ2n) is 8.81. The maximum absolute atomic E-state index is 12.6. The summed E-state index contributed by atoms with van der Waals surface area (Å²) in [5.74, 6) is 0.915. The van der Waals surface area contributed by atoms with Crippen molar-refractivity contribution in [3.63, 3.8) is 0 Å². The lowest BCUT2D eigenvalue weighted by molar-refractivity contribution is 0.301. The summed E-state index contributed by atoms with van der Waals surface area (Å²) in [6.07, 6.45) is 6.37. The van der Waals surface area contributed by atoms with Crippen LogP contribution in [-0.2, 0) is 25.1 Å². The van der Waals surface area contributed by atoms with Crippen molar-refractivity contribution in [2.45, 2.75) is 103 Å². The molecule has 0 aliphatic carbocycles. The van der Waals surface area contributed by atoms with Crippen LogP contribution in [0.2, 0.25) is 0 Å². The van der Waals surface area contributed by atoms with Crippen LogP contribution in [0.15, 0.2) is 5.16 Å². The quantitative estimate of drug-likeness (QED) is 0.459. The first-order valence-electron chi connectivity index (χ1n) is 9.54. The van der Waals surface area contributed by atoms with Crippen molar-refractivity contribution in [1.82, 2.24) is 15.0 Å². The van der Waals surface area contributed by atoms with Gasteiger partial charge in [-0.3, -0.25) is 4.18 Å². The van der Waals surface area contributed by atoms with Crippen LogP contribution in [0, 0.1) is 0 Å². The molecule has 0 atom stereocenters. The average molecular weight is 386 g/mol. The molecule has 0 unspecified atom stereocenters. The second-order valence-corrected chi connectivity index (χ2v) is 10.3. The highest BCUT2D eigenvalue weighted by atomic mass is 32.2. The van der Waals surface area contributed by atoms with Crippen LogP contribution in [0.1, 0.15) is 98.6 Å². The van der Waals surface area contributed by atoms with Crippen LogP contribution in [0.4, 0.5) is 0 Å². The van der Waals surface area contributed by atoms with Crippen molar-refractivity contribution in [2.24, 2.45) is 0 Å². The molecule has 150 valence electrons. The van der Waals surface area contributed by atoms with E-state index in [1.54, 1.807) is 0 Å². The molecule has 0 aliphatic heterocycles. The Bertz CT molecular complexity index is 642. The van der Waals surface area contributed by atoms with Gasteiger partial charge in [0.1, 0.15) is 11.6 Å². The smallest absolute Gasteiger partial charge is 0.264 e. The van der Waals surface area contributed by atoms with Gasteiger partial charge in [0.25, 0.3) is 5.16 Å². The van der Waals surface area contributed by atoms with Gasteiger partial charge in [-0.05, 0) is 6.42 Å². The van der Waals surface area contributed by atoms with Crippen LogP contribution in [0.25, 0.3) is 0 Å². The van der Waals surface area contributed by atoms with E-state index in [-0.39, 0.29) is 22.6 Å². The zero-order valence-corrected chi connectivity index (χ0v) is 18.2. The third kappa shape index (κ3) is 7.27. The molecule has 0 saturated carbocycles. The van der Waals surface area contributed by atoms with E-state index in [9.17, 15) is 8.42 Å². The molecule has 1 rings (SSSR count). The fourth-order valence-corrected chi connectivity index (χ4v) is 3.08. The zero-order chi connectivity index (χ0) is 20.0. The van der Waals surface area contributed by atoms with E-state index < -0.39 is 10.1 Å². The largest absolute Gasteiger partial charge is 0.333 e. The molecule has 0 aliphatic rings. The van der Waals surface area contributed by atoms with Gasteiger partial charge < -0.3 is 0 Å². The predicted octanol–water partition coefficient (Wildman–Crippen LogP) is 4.53. The van der Waals surface area contributed by atoms with E-state index in [4.69, 9.17) is 4.18 Å². The first-order chi connectivity index (χ1) is 11.9. The molecule has 0 fully saturated rings. The molecule has 0 bridgehead atoms. The molecule has 26 heavy (non-hydrogen) atoms. The van der Waals surface area contributed by atoms with Crippen LogP contribution >= 0.6 is 0 Å². The highest BCUT2D eigenvalue weighted by molar-refractivity contribution is 7.86. The minimum Gasteiger partial charge on any atom is -0.264 e. The summed E-state index contributed by atoms with van der Waals surface area (Å²) in [5.41, 5.74) is -0.765. The van der Waals surface area contributed by atoms with Gasteiger partial charge in [-0.15, -0.1) is 0 Å². The van der Waals surface area contributed by atoms with Crippen molar-refractivity contribution in [3.8, 4) is 0 Å². The Morgan fingerprint density at radius 1 is 0.769 bits per heavy atom. The highest BCUT2D eigenvalue weighted by Gasteiger charge is 2.29. The molecule has 0 aromatic carbocycles. The summed E-state index contributed by atoms with van der Waals surface area (Å²) in [6.45, 7) is 14.0. The van der Waals surface area contributed by atoms with Gasteiger partial charge in [-0.1, -0.05) is 80.6 Å². The molecular formula is C19H35N3O3S. The Balaban J connectivity index is 2.91. The van der Waals surface area contributed by atoms with Gasteiger partial charge >= 0.3 is 10.1 Å². The molecule has 0 amide bonds. The van der Waals surface area contributed by atoms with Gasteiger partial charge in [0.2, 0.25) is 0 Å². The third-order valence-corrected chi connectivity index (χ3v) is 5.02. The van der Waals surface area contributed by atoms with E-state index in [0.717, 1.165) is 12.8 Å². The average Bonchev–Trinajstić information content (AvgIpc) is 2.52. The van der Waals surface area contributed by atoms with Gasteiger partial charge in [-0.25, -0.2) is 15.0 Å². The van der Waals surface area contributed by atoms with Crippen molar-refractivity contribution < 1.29 is 12.6 Å². The Morgan fingerprint density at radius 3 is 1.69 bits per heavy atom. The number of nitrogens with zero attached hydrogens (tertiary/aromatic N) is 3. The van der Waals surface area contributed by atoms with Crippen LogP contribution < -0.4 is 0 Å². The normalized spacial score (nSPS) is 13.2. The SMILES string of the molecule is CCCCCCCCOS(=O)(=O)c1nc(C(C)(C)C)nc(C(C)(C)C)n1. The van der Waals surface area contributed by atoms with Crippen molar-refractivity contribution in [1.29, 1.82) is 0 Å². The van der Waals surface area contributed by atoms with E-state index in [1.165, 1.54) is 19.3 Å². The molecule has 7 heteroatoms. The maximum Gasteiger partial charge on any atom is 0.333 e. The number of rotatable bonds is 9. The summed E-state index contributed by atoms with van der Waals surface area (Å²) in [7, 11) is -3.99. The fourth-order valence-electron chi connectivity index (χ4n) is 2.24. The van der Waals surface area contributed by atoms with Gasteiger partial charge in [0.15, 0.2) is 0 Å². The molecule has 0 spiro atoms. The number of hydrogen-bond acceptors (Lipinski definition) is 6. The van der Waals surface area contributed by atoms with Gasteiger partial charge in [-0.2, -0.15) is 8.42 Å².